The van der Waals surface area contributed by atoms with Gasteiger partial charge in [-0.05, 0) is 60.2 Å². The molecule has 0 amide bonds. The lowest BCUT2D eigenvalue weighted by atomic mass is 10.2. The first-order chi connectivity index (χ1) is 16.1. The summed E-state index contributed by atoms with van der Waals surface area (Å²) in [6.07, 6.45) is 0. The highest BCUT2D eigenvalue weighted by Crippen LogP contribution is 2.20. The number of benzene rings is 3. The predicted molar refractivity (Wildman–Crippen MR) is 133 cm³/mol. The Kier molecular flexibility index (Phi) is 6.22. The van der Waals surface area contributed by atoms with E-state index in [-0.39, 0.29) is 37.3 Å². The van der Waals surface area contributed by atoms with Crippen LogP contribution in [0, 0.1) is 0 Å². The number of aromatic nitrogens is 2. The number of halogens is 2. The van der Waals surface area contributed by atoms with E-state index in [9.17, 15) is 18.0 Å². The van der Waals surface area contributed by atoms with E-state index in [1.807, 2.05) is 0 Å². The van der Waals surface area contributed by atoms with Crippen molar-refractivity contribution in [3.05, 3.63) is 103 Å². The van der Waals surface area contributed by atoms with Gasteiger partial charge in [-0.3, -0.25) is 9.36 Å². The third kappa shape index (κ3) is 4.43. The second-order valence-corrected chi connectivity index (χ2v) is 9.92. The van der Waals surface area contributed by atoms with Crippen LogP contribution in [-0.2, 0) is 16.6 Å². The summed E-state index contributed by atoms with van der Waals surface area (Å²) in [5.41, 5.74) is 10.1. The summed E-state index contributed by atoms with van der Waals surface area (Å²) in [6, 6.07) is 16.0. The van der Waals surface area contributed by atoms with Crippen LogP contribution in [0.25, 0.3) is 10.9 Å². The second kappa shape index (κ2) is 8.98. The van der Waals surface area contributed by atoms with Gasteiger partial charge in [-0.1, -0.05) is 35.3 Å². The van der Waals surface area contributed by atoms with Crippen molar-refractivity contribution in [2.24, 2.45) is 16.5 Å². The van der Waals surface area contributed by atoms with Crippen molar-refractivity contribution in [3.8, 4) is 0 Å². The van der Waals surface area contributed by atoms with E-state index in [1.165, 1.54) is 47.0 Å². The fourth-order valence-corrected chi connectivity index (χ4v) is 5.01. The van der Waals surface area contributed by atoms with Crippen LogP contribution in [0.1, 0.15) is 5.56 Å². The largest absolute Gasteiger partial charge is 0.370 e. The smallest absolute Gasteiger partial charge is 0.346 e. The van der Waals surface area contributed by atoms with Crippen LogP contribution in [0.2, 0.25) is 10.0 Å². The fraction of sp³-hybridized carbons (Fsp3) is 0.0455. The molecule has 0 saturated heterocycles. The molecule has 0 fully saturated rings. The van der Waals surface area contributed by atoms with E-state index in [4.69, 9.17) is 34.7 Å². The molecule has 4 aromatic rings. The average molecular weight is 518 g/mol. The molecule has 0 atom stereocenters. The van der Waals surface area contributed by atoms with Gasteiger partial charge in [0, 0.05) is 10.0 Å². The Morgan fingerprint density at radius 2 is 1.50 bits per heavy atom. The first-order valence-corrected chi connectivity index (χ1v) is 11.9. The number of hydrogen-bond acceptors (Lipinski definition) is 5. The van der Waals surface area contributed by atoms with Crippen LogP contribution < -0.4 is 22.7 Å². The van der Waals surface area contributed by atoms with Gasteiger partial charge >= 0.3 is 5.69 Å². The van der Waals surface area contributed by atoms with Crippen molar-refractivity contribution in [3.63, 3.8) is 0 Å². The highest BCUT2D eigenvalue weighted by molar-refractivity contribution is 7.90. The van der Waals surface area contributed by atoms with Crippen LogP contribution in [0.3, 0.4) is 0 Å². The molecular formula is C22H17Cl2N5O4S. The van der Waals surface area contributed by atoms with Crippen molar-refractivity contribution in [1.29, 1.82) is 0 Å². The zero-order chi connectivity index (χ0) is 24.6. The average Bonchev–Trinajstić information content (AvgIpc) is 2.77. The van der Waals surface area contributed by atoms with Gasteiger partial charge in [-0.15, -0.1) is 3.97 Å². The number of guanidine groups is 1. The minimum atomic E-state index is -4.52. The molecule has 0 aliphatic rings. The van der Waals surface area contributed by atoms with Gasteiger partial charge in [-0.25, -0.2) is 18.2 Å². The zero-order valence-corrected chi connectivity index (χ0v) is 19.7. The molecule has 0 radical (unpaired) electrons. The summed E-state index contributed by atoms with van der Waals surface area (Å²) in [6.45, 7) is -0.0474. The second-order valence-electron chi connectivity index (χ2n) is 7.26. The fourth-order valence-electron chi connectivity index (χ4n) is 3.40. The molecule has 0 aliphatic carbocycles. The van der Waals surface area contributed by atoms with E-state index in [1.54, 1.807) is 24.3 Å². The van der Waals surface area contributed by atoms with Crippen LogP contribution in [0.5, 0.6) is 0 Å². The third-order valence-electron chi connectivity index (χ3n) is 4.96. The molecule has 174 valence electrons. The number of rotatable bonds is 5. The molecule has 9 nitrogen and oxygen atoms in total. The standard InChI is InChI=1S/C22H17Cl2N5O4S/c23-14-3-8-17(9-4-14)34(32,33)29-20(30)18-10-5-15(24)11-19(18)28(22(29)31)12-13-1-6-16(7-2-13)27-21(25)26/h1-11H,12H2,(H4,25,26,27). The Morgan fingerprint density at radius 3 is 2.12 bits per heavy atom. The van der Waals surface area contributed by atoms with Crippen molar-refractivity contribution in [1.82, 2.24) is 8.54 Å². The van der Waals surface area contributed by atoms with Crippen LogP contribution in [-0.4, -0.2) is 22.9 Å². The number of hydrogen-bond donors (Lipinski definition) is 2. The molecule has 4 N–H and O–H groups in total. The van der Waals surface area contributed by atoms with Crippen LogP contribution in [0.4, 0.5) is 5.69 Å². The summed E-state index contributed by atoms with van der Waals surface area (Å²) < 4.78 is 28.0. The highest BCUT2D eigenvalue weighted by atomic mass is 35.5. The van der Waals surface area contributed by atoms with Crippen molar-refractivity contribution < 1.29 is 8.42 Å². The minimum Gasteiger partial charge on any atom is -0.370 e. The zero-order valence-electron chi connectivity index (χ0n) is 17.4. The molecule has 0 bridgehead atoms. The molecule has 0 unspecified atom stereocenters. The van der Waals surface area contributed by atoms with Crippen LogP contribution in [0.15, 0.2) is 86.2 Å². The summed E-state index contributed by atoms with van der Waals surface area (Å²) in [5.74, 6) is -0.107. The van der Waals surface area contributed by atoms with Crippen molar-refractivity contribution in [2.75, 3.05) is 0 Å². The Hall–Kier alpha value is -3.60. The van der Waals surface area contributed by atoms with E-state index < -0.39 is 21.3 Å². The summed E-state index contributed by atoms with van der Waals surface area (Å²) in [5, 5.41) is 0.598. The summed E-state index contributed by atoms with van der Waals surface area (Å²) >= 11 is 12.0. The Morgan fingerprint density at radius 1 is 0.882 bits per heavy atom. The molecular weight excluding hydrogens is 501 g/mol. The molecule has 12 heteroatoms. The van der Waals surface area contributed by atoms with E-state index in [0.717, 1.165) is 0 Å². The Bertz CT molecular complexity index is 1660. The van der Waals surface area contributed by atoms with Gasteiger partial charge in [0.15, 0.2) is 5.96 Å². The van der Waals surface area contributed by atoms with Crippen LogP contribution >= 0.6 is 23.2 Å². The molecule has 0 spiro atoms. The number of fused-ring (bicyclic) bond motifs is 1. The topological polar surface area (TPSA) is 143 Å². The maximum Gasteiger partial charge on any atom is 0.346 e. The number of aliphatic imine (C=N–C) groups is 1. The molecule has 0 saturated carbocycles. The molecule has 34 heavy (non-hydrogen) atoms. The Labute approximate surface area is 203 Å². The van der Waals surface area contributed by atoms with E-state index >= 15 is 0 Å². The lowest BCUT2D eigenvalue weighted by Gasteiger charge is -2.15. The molecule has 1 aromatic heterocycles. The maximum atomic E-state index is 13.4. The van der Waals surface area contributed by atoms with Gasteiger partial charge in [0.05, 0.1) is 28.0 Å². The van der Waals surface area contributed by atoms with Gasteiger partial charge in [0.25, 0.3) is 15.6 Å². The maximum absolute atomic E-state index is 13.4. The highest BCUT2D eigenvalue weighted by Gasteiger charge is 2.25. The lowest BCUT2D eigenvalue weighted by molar-refractivity contribution is 0.577. The van der Waals surface area contributed by atoms with E-state index in [2.05, 4.69) is 4.99 Å². The third-order valence-corrected chi connectivity index (χ3v) is 7.11. The normalized spacial score (nSPS) is 11.5. The van der Waals surface area contributed by atoms with Gasteiger partial charge in [-0.2, -0.15) is 0 Å². The molecule has 0 aliphatic heterocycles. The van der Waals surface area contributed by atoms with Gasteiger partial charge < -0.3 is 11.5 Å². The number of nitrogens with two attached hydrogens (primary N) is 2. The first kappa shape index (κ1) is 23.6. The first-order valence-electron chi connectivity index (χ1n) is 9.73. The molecule has 3 aromatic carbocycles. The Balaban J connectivity index is 1.95. The minimum absolute atomic E-state index is 0.0127. The SMILES string of the molecule is NC(N)=Nc1ccc(Cn2c(=O)n(S(=O)(=O)c3ccc(Cl)cc3)c(=O)c3ccc(Cl)cc32)cc1. The summed E-state index contributed by atoms with van der Waals surface area (Å²) in [4.78, 5) is 30.3. The lowest BCUT2D eigenvalue weighted by Crippen LogP contribution is -2.44. The van der Waals surface area contributed by atoms with Crippen molar-refractivity contribution >= 4 is 55.8 Å². The van der Waals surface area contributed by atoms with Gasteiger partial charge in [0.1, 0.15) is 0 Å². The number of nitrogens with zero attached hydrogens (tertiary/aromatic N) is 3. The predicted octanol–water partition coefficient (Wildman–Crippen LogP) is 2.66. The molecule has 4 rings (SSSR count). The monoisotopic (exact) mass is 517 g/mol. The quantitative estimate of drug-likeness (QED) is 0.307. The van der Waals surface area contributed by atoms with Crippen molar-refractivity contribution in [2.45, 2.75) is 11.4 Å². The van der Waals surface area contributed by atoms with Gasteiger partial charge in [0.2, 0.25) is 0 Å². The molecule has 1 heterocycles. The van der Waals surface area contributed by atoms with E-state index in [0.29, 0.717) is 16.3 Å². The summed E-state index contributed by atoms with van der Waals surface area (Å²) in [7, 11) is -4.52.